The molecule has 0 aromatic heterocycles. The fourth-order valence-corrected chi connectivity index (χ4v) is 4.60. The van der Waals surface area contributed by atoms with Crippen molar-refractivity contribution in [1.82, 2.24) is 0 Å². The van der Waals surface area contributed by atoms with Crippen molar-refractivity contribution in [2.24, 2.45) is 28.6 Å². The summed E-state index contributed by atoms with van der Waals surface area (Å²) >= 11 is 0. The molecule has 0 radical (unpaired) electrons. The van der Waals surface area contributed by atoms with Crippen molar-refractivity contribution >= 4 is 0 Å². The molecule has 2 saturated carbocycles. The minimum Gasteiger partial charge on any atom is -0.0819 e. The van der Waals surface area contributed by atoms with Crippen molar-refractivity contribution in [2.45, 2.75) is 53.4 Å². The van der Waals surface area contributed by atoms with Gasteiger partial charge in [-0.3, -0.25) is 0 Å². The van der Waals surface area contributed by atoms with Gasteiger partial charge in [0.2, 0.25) is 0 Å². The summed E-state index contributed by atoms with van der Waals surface area (Å²) in [5.41, 5.74) is 2.31. The molecule has 0 saturated heterocycles. The molecule has 2 fully saturated rings. The zero-order valence-electron chi connectivity index (χ0n) is 11.5. The number of rotatable bonds is 0. The van der Waals surface area contributed by atoms with E-state index < -0.39 is 0 Å². The second kappa shape index (κ2) is 2.70. The first-order valence-electron chi connectivity index (χ1n) is 7.04. The predicted octanol–water partition coefficient (Wildman–Crippen LogP) is 4.42. The van der Waals surface area contributed by atoms with Gasteiger partial charge in [-0.05, 0) is 61.2 Å². The van der Waals surface area contributed by atoms with Gasteiger partial charge in [0, 0.05) is 1.37 Å². The SMILES string of the molecule is [2H][C@H]1[C@H]2[C@H](C=C(C)[C@H]3CC[C@]23C)CC1(C)C. The van der Waals surface area contributed by atoms with Gasteiger partial charge in [-0.2, -0.15) is 0 Å². The highest BCUT2D eigenvalue weighted by molar-refractivity contribution is 5.24. The number of allylic oxidation sites excluding steroid dienone is 2. The summed E-state index contributed by atoms with van der Waals surface area (Å²) in [6.45, 7) is 9.37. The van der Waals surface area contributed by atoms with E-state index in [1.807, 2.05) is 0 Å². The van der Waals surface area contributed by atoms with Crippen LogP contribution in [0, 0.1) is 28.6 Å². The Bertz CT molecular complexity index is 354. The zero-order valence-corrected chi connectivity index (χ0v) is 10.5. The van der Waals surface area contributed by atoms with E-state index in [1.54, 1.807) is 5.57 Å². The fourth-order valence-electron chi connectivity index (χ4n) is 4.60. The molecule has 3 aliphatic carbocycles. The molecule has 0 N–H and O–H groups in total. The van der Waals surface area contributed by atoms with Gasteiger partial charge in [-0.15, -0.1) is 0 Å². The molecule has 84 valence electrons. The molecule has 0 spiro atoms. The molecule has 0 aromatic rings. The highest BCUT2D eigenvalue weighted by Gasteiger charge is 2.57. The van der Waals surface area contributed by atoms with Crippen LogP contribution < -0.4 is 0 Å². The van der Waals surface area contributed by atoms with Gasteiger partial charge in [0.25, 0.3) is 0 Å². The highest BCUT2D eigenvalue weighted by Crippen LogP contribution is 2.66. The minimum absolute atomic E-state index is 0.148. The first kappa shape index (κ1) is 8.84. The van der Waals surface area contributed by atoms with Crippen molar-refractivity contribution in [1.29, 1.82) is 0 Å². The Morgan fingerprint density at radius 2 is 2.13 bits per heavy atom. The Morgan fingerprint density at radius 3 is 2.73 bits per heavy atom. The monoisotopic (exact) mass is 205 g/mol. The van der Waals surface area contributed by atoms with Gasteiger partial charge < -0.3 is 0 Å². The van der Waals surface area contributed by atoms with Crippen LogP contribution in [0.2, 0.25) is 0 Å². The van der Waals surface area contributed by atoms with Crippen LogP contribution in [0.4, 0.5) is 0 Å². The Balaban J connectivity index is 2.03. The molecule has 0 heteroatoms. The standard InChI is InChI=1S/C15H24/c1-10-7-11-8-14(2,3)9-13(11)15(4)6-5-12(10)15/h7,11-13H,5-6,8-9H2,1-4H3/t11-,12-,13+,15+/m1/s1/i9D/t9-,11+,12+,13-,15-/m0. The Hall–Kier alpha value is -0.260. The summed E-state index contributed by atoms with van der Waals surface area (Å²) in [5, 5.41) is 0. The molecule has 3 rings (SSSR count). The first-order valence-corrected chi connectivity index (χ1v) is 6.47. The van der Waals surface area contributed by atoms with Crippen LogP contribution in [0.25, 0.3) is 0 Å². The van der Waals surface area contributed by atoms with E-state index in [0.29, 0.717) is 17.3 Å². The molecular formula is C15H24. The predicted molar refractivity (Wildman–Crippen MR) is 64.6 cm³/mol. The number of hydrogen-bond acceptors (Lipinski definition) is 0. The molecule has 0 unspecified atom stereocenters. The fraction of sp³-hybridized carbons (Fsp3) is 0.867. The van der Waals surface area contributed by atoms with Crippen LogP contribution in [-0.2, 0) is 0 Å². The van der Waals surface area contributed by atoms with Gasteiger partial charge in [-0.25, -0.2) is 0 Å². The second-order valence-electron chi connectivity index (χ2n) is 7.06. The zero-order chi connectivity index (χ0) is 11.7. The molecule has 0 aromatic carbocycles. The van der Waals surface area contributed by atoms with Gasteiger partial charge in [-0.1, -0.05) is 32.4 Å². The number of hydrogen-bond donors (Lipinski definition) is 0. The summed E-state index contributed by atoms with van der Waals surface area (Å²) < 4.78 is 8.58. The molecule has 0 heterocycles. The molecule has 0 bridgehead atoms. The summed E-state index contributed by atoms with van der Waals surface area (Å²) in [6.07, 6.45) is 6.62. The van der Waals surface area contributed by atoms with Gasteiger partial charge in [0.05, 0.1) is 0 Å². The molecule has 0 amide bonds. The third-order valence-electron chi connectivity index (χ3n) is 5.41. The van der Waals surface area contributed by atoms with Crippen molar-refractivity contribution in [3.8, 4) is 0 Å². The molecular weight excluding hydrogens is 180 g/mol. The van der Waals surface area contributed by atoms with E-state index in [4.69, 9.17) is 1.37 Å². The van der Waals surface area contributed by atoms with E-state index in [-0.39, 0.29) is 11.8 Å². The van der Waals surface area contributed by atoms with Crippen LogP contribution >= 0.6 is 0 Å². The summed E-state index contributed by atoms with van der Waals surface area (Å²) in [4.78, 5) is 0. The quantitative estimate of drug-likeness (QED) is 0.514. The lowest BCUT2D eigenvalue weighted by atomic mass is 9.48. The van der Waals surface area contributed by atoms with E-state index in [1.165, 1.54) is 19.3 Å². The van der Waals surface area contributed by atoms with Crippen molar-refractivity contribution in [2.75, 3.05) is 0 Å². The largest absolute Gasteiger partial charge is 0.0819 e. The van der Waals surface area contributed by atoms with Crippen LogP contribution in [0.5, 0.6) is 0 Å². The van der Waals surface area contributed by atoms with Crippen LogP contribution in [-0.4, -0.2) is 0 Å². The third-order valence-corrected chi connectivity index (χ3v) is 5.41. The molecule has 15 heavy (non-hydrogen) atoms. The summed E-state index contributed by atoms with van der Waals surface area (Å²) in [7, 11) is 0. The Labute approximate surface area is 95.5 Å². The van der Waals surface area contributed by atoms with E-state index in [0.717, 1.165) is 5.92 Å². The van der Waals surface area contributed by atoms with Crippen LogP contribution in [0.1, 0.15) is 54.7 Å². The minimum atomic E-state index is 0.148. The highest BCUT2D eigenvalue weighted by atomic mass is 14.6. The normalized spacial score (nSPS) is 57.3. The molecule has 0 nitrogen and oxygen atoms in total. The molecule has 5 atom stereocenters. The summed E-state index contributed by atoms with van der Waals surface area (Å²) in [6, 6.07) is 0. The number of fused-ring (bicyclic) bond motifs is 3. The van der Waals surface area contributed by atoms with E-state index in [9.17, 15) is 0 Å². The first-order chi connectivity index (χ1) is 7.36. The lowest BCUT2D eigenvalue weighted by molar-refractivity contribution is -0.0163. The van der Waals surface area contributed by atoms with E-state index in [2.05, 4.69) is 33.8 Å². The van der Waals surface area contributed by atoms with Crippen molar-refractivity contribution < 1.29 is 1.37 Å². The smallest absolute Gasteiger partial charge is 0.0275 e. The molecule has 3 aliphatic rings. The lowest BCUT2D eigenvalue weighted by Gasteiger charge is -2.56. The van der Waals surface area contributed by atoms with Crippen molar-refractivity contribution in [3.63, 3.8) is 0 Å². The van der Waals surface area contributed by atoms with E-state index >= 15 is 0 Å². The van der Waals surface area contributed by atoms with Gasteiger partial charge in [0.1, 0.15) is 0 Å². The topological polar surface area (TPSA) is 0 Å². The molecule has 0 aliphatic heterocycles. The van der Waals surface area contributed by atoms with Crippen LogP contribution in [0.3, 0.4) is 0 Å². The van der Waals surface area contributed by atoms with Crippen molar-refractivity contribution in [3.05, 3.63) is 11.6 Å². The summed E-state index contributed by atoms with van der Waals surface area (Å²) in [5.74, 6) is 2.12. The van der Waals surface area contributed by atoms with Crippen LogP contribution in [0.15, 0.2) is 11.6 Å². The Kier molecular flexibility index (Phi) is 1.59. The van der Waals surface area contributed by atoms with Gasteiger partial charge in [0.15, 0.2) is 0 Å². The third kappa shape index (κ3) is 1.20. The maximum atomic E-state index is 8.58. The lowest BCUT2D eigenvalue weighted by Crippen LogP contribution is -2.48. The maximum Gasteiger partial charge on any atom is 0.0275 e. The Morgan fingerprint density at radius 1 is 1.40 bits per heavy atom. The van der Waals surface area contributed by atoms with Gasteiger partial charge >= 0.3 is 0 Å². The average Bonchev–Trinajstić information content (AvgIpc) is 2.33. The average molecular weight is 205 g/mol. The second-order valence-corrected chi connectivity index (χ2v) is 7.06. The maximum absolute atomic E-state index is 8.58.